The number of rotatable bonds is 4. The molecule has 21 heavy (non-hydrogen) atoms. The molecule has 0 fully saturated rings. The molecule has 0 aliphatic heterocycles. The van der Waals surface area contributed by atoms with Crippen LogP contribution in [0.1, 0.15) is 48.7 Å². The van der Waals surface area contributed by atoms with E-state index in [9.17, 15) is 9.18 Å². The minimum Gasteiger partial charge on any atom is -0.289 e. The van der Waals surface area contributed by atoms with E-state index in [1.54, 1.807) is 0 Å². The largest absolute Gasteiger partial charge is 0.289 e. The summed E-state index contributed by atoms with van der Waals surface area (Å²) in [7, 11) is 0. The third-order valence-electron chi connectivity index (χ3n) is 3.99. The van der Waals surface area contributed by atoms with Gasteiger partial charge in [0.15, 0.2) is 5.78 Å². The summed E-state index contributed by atoms with van der Waals surface area (Å²) in [5.41, 5.74) is 2.25. The molecule has 0 spiro atoms. The minimum absolute atomic E-state index is 0.0374. The predicted octanol–water partition coefficient (Wildman–Crippen LogP) is 5.40. The monoisotopic (exact) mass is 304 g/mol. The van der Waals surface area contributed by atoms with Crippen LogP contribution in [0.2, 0.25) is 5.02 Å². The van der Waals surface area contributed by atoms with Crippen molar-refractivity contribution in [2.24, 2.45) is 0 Å². The molecule has 0 radical (unpaired) electrons. The minimum atomic E-state index is -0.520. The van der Waals surface area contributed by atoms with Gasteiger partial charge in [0.05, 0.1) is 5.02 Å². The van der Waals surface area contributed by atoms with Crippen molar-refractivity contribution < 1.29 is 9.18 Å². The number of benzene rings is 2. The molecule has 0 aromatic heterocycles. The van der Waals surface area contributed by atoms with Crippen LogP contribution in [-0.2, 0) is 5.41 Å². The number of halogens is 2. The Labute approximate surface area is 129 Å². The first-order valence-electron chi connectivity index (χ1n) is 6.95. The maximum Gasteiger partial charge on any atom is 0.193 e. The van der Waals surface area contributed by atoms with E-state index < -0.39 is 5.82 Å². The Balaban J connectivity index is 2.30. The van der Waals surface area contributed by atoms with E-state index in [1.165, 1.54) is 23.8 Å². The molecule has 0 amide bonds. The van der Waals surface area contributed by atoms with Gasteiger partial charge >= 0.3 is 0 Å². The van der Waals surface area contributed by atoms with Crippen LogP contribution in [0.15, 0.2) is 42.5 Å². The normalized spacial score (nSPS) is 11.5. The van der Waals surface area contributed by atoms with Crippen molar-refractivity contribution in [2.75, 3.05) is 0 Å². The van der Waals surface area contributed by atoms with Crippen LogP contribution in [-0.4, -0.2) is 5.78 Å². The van der Waals surface area contributed by atoms with Crippen molar-refractivity contribution in [3.8, 4) is 0 Å². The first kappa shape index (κ1) is 15.7. The summed E-state index contributed by atoms with van der Waals surface area (Å²) in [4.78, 5) is 12.4. The highest BCUT2D eigenvalue weighted by Crippen LogP contribution is 2.27. The lowest BCUT2D eigenvalue weighted by molar-refractivity contribution is 0.103. The zero-order chi connectivity index (χ0) is 15.6. The van der Waals surface area contributed by atoms with Crippen LogP contribution < -0.4 is 0 Å². The van der Waals surface area contributed by atoms with E-state index in [4.69, 9.17) is 11.6 Å². The van der Waals surface area contributed by atoms with E-state index in [1.807, 2.05) is 24.3 Å². The molecule has 0 saturated heterocycles. The first-order chi connectivity index (χ1) is 9.85. The summed E-state index contributed by atoms with van der Waals surface area (Å²) in [6.07, 6.45) is 1.02. The number of ketones is 1. The lowest BCUT2D eigenvalue weighted by Gasteiger charge is -2.23. The highest BCUT2D eigenvalue weighted by molar-refractivity contribution is 6.31. The van der Waals surface area contributed by atoms with E-state index in [0.717, 1.165) is 6.42 Å². The summed E-state index contributed by atoms with van der Waals surface area (Å²) >= 11 is 5.72. The molecule has 2 rings (SSSR count). The molecule has 0 unspecified atom stereocenters. The van der Waals surface area contributed by atoms with Gasteiger partial charge in [-0.25, -0.2) is 4.39 Å². The molecule has 2 aromatic carbocycles. The quantitative estimate of drug-likeness (QED) is 0.691. The van der Waals surface area contributed by atoms with Gasteiger partial charge < -0.3 is 0 Å². The number of hydrogen-bond donors (Lipinski definition) is 0. The Morgan fingerprint density at radius 3 is 2.19 bits per heavy atom. The Hall–Kier alpha value is -1.67. The number of carbonyl (C=O) groups is 1. The number of carbonyl (C=O) groups excluding carboxylic acids is 1. The maximum atomic E-state index is 13.1. The fourth-order valence-corrected chi connectivity index (χ4v) is 2.26. The second-order valence-electron chi connectivity index (χ2n) is 5.77. The number of hydrogen-bond acceptors (Lipinski definition) is 1. The molecule has 0 aliphatic rings. The zero-order valence-corrected chi connectivity index (χ0v) is 13.2. The van der Waals surface area contributed by atoms with Gasteiger partial charge in [0.2, 0.25) is 0 Å². The highest BCUT2D eigenvalue weighted by atomic mass is 35.5. The van der Waals surface area contributed by atoms with Gasteiger partial charge in [-0.1, -0.05) is 56.6 Å². The van der Waals surface area contributed by atoms with Gasteiger partial charge in [-0.3, -0.25) is 4.79 Å². The van der Waals surface area contributed by atoms with E-state index in [-0.39, 0.29) is 16.2 Å². The van der Waals surface area contributed by atoms with E-state index in [2.05, 4.69) is 20.8 Å². The van der Waals surface area contributed by atoms with Gasteiger partial charge in [-0.2, -0.15) is 0 Å². The topological polar surface area (TPSA) is 17.1 Å². The summed E-state index contributed by atoms with van der Waals surface area (Å²) in [6.45, 7) is 6.48. The second-order valence-corrected chi connectivity index (χ2v) is 6.18. The molecule has 1 nitrogen and oxygen atoms in total. The summed E-state index contributed by atoms with van der Waals surface area (Å²) < 4.78 is 13.1. The fraction of sp³-hybridized carbons (Fsp3) is 0.278. The third-order valence-corrected chi connectivity index (χ3v) is 4.28. The van der Waals surface area contributed by atoms with E-state index in [0.29, 0.717) is 11.1 Å². The van der Waals surface area contributed by atoms with Gasteiger partial charge in [0.1, 0.15) is 5.82 Å². The summed E-state index contributed by atoms with van der Waals surface area (Å²) in [5.74, 6) is -0.675. The standard InChI is InChI=1S/C18H18ClFO/c1-4-18(2,3)14-8-5-12(6-9-14)17(21)13-7-10-16(20)15(19)11-13/h5-11H,4H2,1-3H3. The van der Waals surface area contributed by atoms with Crippen LogP contribution in [0.5, 0.6) is 0 Å². The maximum absolute atomic E-state index is 13.1. The van der Waals surface area contributed by atoms with Crippen LogP contribution in [0.4, 0.5) is 4.39 Å². The third kappa shape index (κ3) is 3.33. The molecule has 3 heteroatoms. The van der Waals surface area contributed by atoms with Crippen molar-refractivity contribution in [2.45, 2.75) is 32.6 Å². The Morgan fingerprint density at radius 2 is 1.67 bits per heavy atom. The van der Waals surface area contributed by atoms with Crippen LogP contribution in [0, 0.1) is 5.82 Å². The summed E-state index contributed by atoms with van der Waals surface area (Å²) in [6, 6.07) is 11.6. The Kier molecular flexibility index (Phi) is 4.48. The molecule has 0 N–H and O–H groups in total. The molecule has 110 valence electrons. The smallest absolute Gasteiger partial charge is 0.193 e. The van der Waals surface area contributed by atoms with Gasteiger partial charge in [-0.15, -0.1) is 0 Å². The molecule has 2 aromatic rings. The SMILES string of the molecule is CCC(C)(C)c1ccc(C(=O)c2ccc(F)c(Cl)c2)cc1. The predicted molar refractivity (Wildman–Crippen MR) is 84.6 cm³/mol. The first-order valence-corrected chi connectivity index (χ1v) is 7.33. The van der Waals surface area contributed by atoms with Gasteiger partial charge in [0, 0.05) is 11.1 Å². The van der Waals surface area contributed by atoms with Gasteiger partial charge in [-0.05, 0) is 35.6 Å². The zero-order valence-electron chi connectivity index (χ0n) is 12.4. The lowest BCUT2D eigenvalue weighted by Crippen LogP contribution is -2.15. The molecular weight excluding hydrogens is 287 g/mol. The van der Waals surface area contributed by atoms with Crippen LogP contribution >= 0.6 is 11.6 Å². The van der Waals surface area contributed by atoms with Crippen molar-refractivity contribution in [3.63, 3.8) is 0 Å². The van der Waals surface area contributed by atoms with Crippen LogP contribution in [0.25, 0.3) is 0 Å². The van der Waals surface area contributed by atoms with Crippen molar-refractivity contribution in [1.29, 1.82) is 0 Å². The van der Waals surface area contributed by atoms with Crippen molar-refractivity contribution in [3.05, 3.63) is 70.0 Å². The molecular formula is C18H18ClFO. The van der Waals surface area contributed by atoms with Gasteiger partial charge in [0.25, 0.3) is 0 Å². The molecule has 0 heterocycles. The van der Waals surface area contributed by atoms with E-state index >= 15 is 0 Å². The van der Waals surface area contributed by atoms with Crippen molar-refractivity contribution in [1.82, 2.24) is 0 Å². The highest BCUT2D eigenvalue weighted by Gasteiger charge is 2.18. The fourth-order valence-electron chi connectivity index (χ4n) is 2.08. The Bertz CT molecular complexity index is 659. The molecule has 0 bridgehead atoms. The molecule has 0 saturated carbocycles. The molecule has 0 aliphatic carbocycles. The Morgan fingerprint density at radius 1 is 1.10 bits per heavy atom. The second kappa shape index (κ2) is 5.98. The summed E-state index contributed by atoms with van der Waals surface area (Å²) in [5, 5.41) is -0.0374. The van der Waals surface area contributed by atoms with Crippen LogP contribution in [0.3, 0.4) is 0 Å². The van der Waals surface area contributed by atoms with Crippen molar-refractivity contribution >= 4 is 17.4 Å². The average molecular weight is 305 g/mol. The average Bonchev–Trinajstić information content (AvgIpc) is 2.49. The lowest BCUT2D eigenvalue weighted by atomic mass is 9.82. The molecule has 0 atom stereocenters.